The third kappa shape index (κ3) is 3.47. The van der Waals surface area contributed by atoms with Gasteiger partial charge in [0, 0.05) is 11.2 Å². The van der Waals surface area contributed by atoms with Gasteiger partial charge in [-0.15, -0.1) is 11.8 Å². The minimum absolute atomic E-state index is 0.106. The van der Waals surface area contributed by atoms with Crippen LogP contribution in [0.25, 0.3) is 0 Å². The number of sulfone groups is 1. The van der Waals surface area contributed by atoms with Crippen molar-refractivity contribution in [2.75, 3.05) is 12.5 Å². The van der Waals surface area contributed by atoms with E-state index in [2.05, 4.69) is 0 Å². The second-order valence-electron chi connectivity index (χ2n) is 3.87. The van der Waals surface area contributed by atoms with Crippen LogP contribution in [0.1, 0.15) is 5.56 Å². The van der Waals surface area contributed by atoms with E-state index in [1.54, 1.807) is 18.4 Å². The van der Waals surface area contributed by atoms with Crippen LogP contribution >= 0.6 is 11.8 Å². The molecule has 0 heterocycles. The zero-order valence-corrected chi connectivity index (χ0v) is 11.7. The molecule has 0 saturated heterocycles. The lowest BCUT2D eigenvalue weighted by Crippen LogP contribution is -2.32. The second-order valence-corrected chi connectivity index (χ2v) is 6.67. The second kappa shape index (κ2) is 5.73. The van der Waals surface area contributed by atoms with Crippen LogP contribution in [0.2, 0.25) is 0 Å². The van der Waals surface area contributed by atoms with E-state index in [0.717, 1.165) is 6.26 Å². The Morgan fingerprint density at radius 1 is 1.50 bits per heavy atom. The van der Waals surface area contributed by atoms with Gasteiger partial charge in [-0.3, -0.25) is 4.79 Å². The number of hydrogen-bond donors (Lipinski definition) is 2. The fraction of sp³-hybridized carbons (Fsp3) is 0.364. The van der Waals surface area contributed by atoms with Crippen molar-refractivity contribution in [2.45, 2.75) is 22.3 Å². The quantitative estimate of drug-likeness (QED) is 0.777. The van der Waals surface area contributed by atoms with E-state index in [1.807, 2.05) is 0 Å². The Bertz CT molecular complexity index is 554. The molecular formula is C11H15NO4S2. The summed E-state index contributed by atoms with van der Waals surface area (Å²) in [6, 6.07) is 3.77. The minimum atomic E-state index is -3.33. The van der Waals surface area contributed by atoms with E-state index < -0.39 is 21.8 Å². The molecule has 0 spiro atoms. The average Bonchev–Trinajstić information content (AvgIpc) is 2.27. The minimum Gasteiger partial charge on any atom is -0.480 e. The van der Waals surface area contributed by atoms with E-state index in [0.29, 0.717) is 10.5 Å². The van der Waals surface area contributed by atoms with Crippen LogP contribution in [0.15, 0.2) is 28.0 Å². The summed E-state index contributed by atoms with van der Waals surface area (Å²) in [6.45, 7) is 0. The van der Waals surface area contributed by atoms with Crippen LogP contribution in [0.4, 0.5) is 0 Å². The van der Waals surface area contributed by atoms with Crippen molar-refractivity contribution >= 4 is 27.6 Å². The summed E-state index contributed by atoms with van der Waals surface area (Å²) < 4.78 is 23.2. The zero-order chi connectivity index (χ0) is 13.9. The molecule has 0 amide bonds. The van der Waals surface area contributed by atoms with Crippen molar-refractivity contribution in [1.29, 1.82) is 0 Å². The highest BCUT2D eigenvalue weighted by Gasteiger charge is 2.19. The van der Waals surface area contributed by atoms with Gasteiger partial charge >= 0.3 is 5.97 Å². The number of rotatable bonds is 5. The molecule has 18 heavy (non-hydrogen) atoms. The third-order valence-corrected chi connectivity index (χ3v) is 4.58. The fourth-order valence-corrected chi connectivity index (χ4v) is 3.75. The first-order valence-corrected chi connectivity index (χ1v) is 8.23. The number of benzene rings is 1. The molecule has 5 nitrogen and oxygen atoms in total. The van der Waals surface area contributed by atoms with Crippen LogP contribution < -0.4 is 5.73 Å². The van der Waals surface area contributed by atoms with Crippen molar-refractivity contribution in [3.63, 3.8) is 0 Å². The van der Waals surface area contributed by atoms with Crippen LogP contribution in [-0.2, 0) is 21.1 Å². The lowest BCUT2D eigenvalue weighted by atomic mass is 10.1. The first-order chi connectivity index (χ1) is 8.27. The van der Waals surface area contributed by atoms with Gasteiger partial charge in [0.1, 0.15) is 6.04 Å². The van der Waals surface area contributed by atoms with Crippen LogP contribution in [-0.4, -0.2) is 38.0 Å². The first kappa shape index (κ1) is 15.0. The molecule has 0 radical (unpaired) electrons. The Morgan fingerprint density at radius 3 is 2.56 bits per heavy atom. The van der Waals surface area contributed by atoms with E-state index in [-0.39, 0.29) is 11.3 Å². The van der Waals surface area contributed by atoms with Crippen LogP contribution in [0.3, 0.4) is 0 Å². The van der Waals surface area contributed by atoms with Crippen molar-refractivity contribution in [2.24, 2.45) is 5.73 Å². The molecule has 0 aromatic heterocycles. The Balaban J connectivity index is 3.26. The Morgan fingerprint density at radius 2 is 2.11 bits per heavy atom. The van der Waals surface area contributed by atoms with Gasteiger partial charge in [-0.2, -0.15) is 0 Å². The van der Waals surface area contributed by atoms with E-state index in [9.17, 15) is 13.2 Å². The van der Waals surface area contributed by atoms with Gasteiger partial charge in [-0.05, 0) is 24.3 Å². The number of thioether (sulfide) groups is 1. The highest BCUT2D eigenvalue weighted by Crippen LogP contribution is 2.29. The van der Waals surface area contributed by atoms with Crippen LogP contribution in [0.5, 0.6) is 0 Å². The predicted molar refractivity (Wildman–Crippen MR) is 70.6 cm³/mol. The Kier molecular flexibility index (Phi) is 4.78. The summed E-state index contributed by atoms with van der Waals surface area (Å²) in [5.41, 5.74) is 6.11. The van der Waals surface area contributed by atoms with Gasteiger partial charge in [-0.25, -0.2) is 8.42 Å². The summed E-state index contributed by atoms with van der Waals surface area (Å²) in [5, 5.41) is 8.79. The number of carboxylic acids is 1. The lowest BCUT2D eigenvalue weighted by Gasteiger charge is -2.13. The maximum atomic E-state index is 11.6. The van der Waals surface area contributed by atoms with Crippen LogP contribution in [0, 0.1) is 0 Å². The Labute approximate surface area is 110 Å². The maximum Gasteiger partial charge on any atom is 0.320 e. The molecule has 3 N–H and O–H groups in total. The highest BCUT2D eigenvalue weighted by molar-refractivity contribution is 7.99. The number of carboxylic acid groups (broad SMARTS) is 1. The van der Waals surface area contributed by atoms with Gasteiger partial charge < -0.3 is 10.8 Å². The molecule has 0 saturated carbocycles. The number of nitrogens with two attached hydrogens (primary N) is 1. The van der Waals surface area contributed by atoms with Crippen molar-refractivity contribution in [3.8, 4) is 0 Å². The van der Waals surface area contributed by atoms with Crippen molar-refractivity contribution in [3.05, 3.63) is 23.8 Å². The summed E-state index contributed by atoms with van der Waals surface area (Å²) >= 11 is 1.27. The largest absolute Gasteiger partial charge is 0.480 e. The van der Waals surface area contributed by atoms with Crippen molar-refractivity contribution in [1.82, 2.24) is 0 Å². The average molecular weight is 289 g/mol. The molecule has 1 atom stereocenters. The molecule has 7 heteroatoms. The van der Waals surface area contributed by atoms with E-state index >= 15 is 0 Å². The molecule has 1 rings (SSSR count). The summed E-state index contributed by atoms with van der Waals surface area (Å²) in [7, 11) is -3.33. The molecule has 0 fully saturated rings. The van der Waals surface area contributed by atoms with Gasteiger partial charge in [0.05, 0.1) is 4.90 Å². The number of hydrogen-bond acceptors (Lipinski definition) is 5. The molecular weight excluding hydrogens is 274 g/mol. The standard InChI is InChI=1S/C11H15NO4S2/c1-17-10-7(6-8(12)11(13)14)4-3-5-9(10)18(2,15)16/h3-5,8H,6,12H2,1-2H3,(H,13,14). The maximum absolute atomic E-state index is 11.6. The SMILES string of the molecule is CSc1c(CC(N)C(=O)O)cccc1S(C)(=O)=O. The fourth-order valence-electron chi connectivity index (χ4n) is 1.57. The molecule has 1 aromatic rings. The van der Waals surface area contributed by atoms with Crippen molar-refractivity contribution < 1.29 is 18.3 Å². The van der Waals surface area contributed by atoms with Gasteiger partial charge in [0.15, 0.2) is 9.84 Å². The Hall–Kier alpha value is -1.05. The van der Waals surface area contributed by atoms with Gasteiger partial charge in [-0.1, -0.05) is 12.1 Å². The number of carbonyl (C=O) groups is 1. The third-order valence-electron chi connectivity index (χ3n) is 2.42. The summed E-state index contributed by atoms with van der Waals surface area (Å²) in [4.78, 5) is 11.5. The predicted octanol–water partition coefficient (Wildman–Crippen LogP) is 0.766. The molecule has 100 valence electrons. The summed E-state index contributed by atoms with van der Waals surface area (Å²) in [5.74, 6) is -1.10. The summed E-state index contributed by atoms with van der Waals surface area (Å²) in [6.07, 6.45) is 2.98. The number of aliphatic carboxylic acids is 1. The van der Waals surface area contributed by atoms with E-state index in [1.165, 1.54) is 17.8 Å². The topological polar surface area (TPSA) is 97.5 Å². The molecule has 0 aliphatic carbocycles. The molecule has 1 aromatic carbocycles. The molecule has 1 unspecified atom stereocenters. The molecule has 0 aliphatic rings. The van der Waals surface area contributed by atoms with Gasteiger partial charge in [0.25, 0.3) is 0 Å². The lowest BCUT2D eigenvalue weighted by molar-refractivity contribution is -0.138. The first-order valence-electron chi connectivity index (χ1n) is 5.11. The monoisotopic (exact) mass is 289 g/mol. The smallest absolute Gasteiger partial charge is 0.320 e. The molecule has 0 aliphatic heterocycles. The normalized spacial score (nSPS) is 13.3. The zero-order valence-electron chi connectivity index (χ0n) is 10.1. The van der Waals surface area contributed by atoms with E-state index in [4.69, 9.17) is 10.8 Å². The highest BCUT2D eigenvalue weighted by atomic mass is 32.2. The molecule has 0 bridgehead atoms. The van der Waals surface area contributed by atoms with Gasteiger partial charge in [0.2, 0.25) is 0 Å².